The molecule has 0 spiro atoms. The van der Waals surface area contributed by atoms with Crippen LogP contribution in [-0.4, -0.2) is 29.7 Å². The van der Waals surface area contributed by atoms with Gasteiger partial charge in [-0.2, -0.15) is 0 Å². The maximum atomic E-state index is 11.7. The zero-order chi connectivity index (χ0) is 20.1. The molecule has 0 atom stereocenters. The Labute approximate surface area is 172 Å². The Kier molecular flexibility index (Phi) is 6.70. The Morgan fingerprint density at radius 1 is 1.04 bits per heavy atom. The standard InChI is InChI=1S/C11H13NO2S.C10H10O2S/c1-3-12-9(11(13)14-4-2)7-8-5-6-15-10(8)12;1-2-12-10(11)8-5-7-3-4-13-9(7)6-8/h5-7H,3-4H2,1-2H3;3-5H,2,6H2,1H3. The third-order valence-electron chi connectivity index (χ3n) is 4.30. The van der Waals surface area contributed by atoms with Crippen LogP contribution in [0.2, 0.25) is 0 Å². The van der Waals surface area contributed by atoms with Gasteiger partial charge in [0.2, 0.25) is 0 Å². The smallest absolute Gasteiger partial charge is 0.354 e. The van der Waals surface area contributed by atoms with Crippen molar-refractivity contribution in [1.29, 1.82) is 0 Å². The highest BCUT2D eigenvalue weighted by Gasteiger charge is 2.20. The first-order chi connectivity index (χ1) is 13.6. The molecule has 3 heterocycles. The topological polar surface area (TPSA) is 57.5 Å². The Balaban J connectivity index is 0.000000162. The summed E-state index contributed by atoms with van der Waals surface area (Å²) in [6, 6.07) is 5.95. The summed E-state index contributed by atoms with van der Waals surface area (Å²) in [5, 5.41) is 5.19. The molecule has 3 aromatic heterocycles. The van der Waals surface area contributed by atoms with E-state index >= 15 is 0 Å². The molecule has 7 heteroatoms. The first-order valence-electron chi connectivity index (χ1n) is 9.26. The number of esters is 2. The number of rotatable bonds is 5. The first-order valence-corrected chi connectivity index (χ1v) is 11.0. The van der Waals surface area contributed by atoms with Gasteiger partial charge in [0, 0.05) is 28.8 Å². The lowest BCUT2D eigenvalue weighted by Crippen LogP contribution is -2.10. The van der Waals surface area contributed by atoms with Gasteiger partial charge in [0.15, 0.2) is 0 Å². The van der Waals surface area contributed by atoms with Crippen molar-refractivity contribution in [2.24, 2.45) is 0 Å². The van der Waals surface area contributed by atoms with Gasteiger partial charge in [-0.25, -0.2) is 9.59 Å². The van der Waals surface area contributed by atoms with Gasteiger partial charge in [-0.05, 0) is 61.4 Å². The van der Waals surface area contributed by atoms with E-state index in [1.165, 1.54) is 10.4 Å². The molecule has 0 fully saturated rings. The quantitative estimate of drug-likeness (QED) is 0.539. The van der Waals surface area contributed by atoms with Gasteiger partial charge in [0.25, 0.3) is 0 Å². The number of ether oxygens (including phenoxy) is 2. The highest BCUT2D eigenvalue weighted by molar-refractivity contribution is 7.16. The molecule has 3 aromatic rings. The zero-order valence-electron chi connectivity index (χ0n) is 16.2. The number of nitrogens with zero attached hydrogens (tertiary/aromatic N) is 1. The molecule has 0 aromatic carbocycles. The van der Waals surface area contributed by atoms with Gasteiger partial charge >= 0.3 is 11.9 Å². The van der Waals surface area contributed by atoms with E-state index in [9.17, 15) is 9.59 Å². The normalized spacial score (nSPS) is 12.2. The molecular weight excluding hydrogens is 394 g/mol. The maximum Gasteiger partial charge on any atom is 0.354 e. The predicted octanol–water partition coefficient (Wildman–Crippen LogP) is 5.15. The molecular formula is C21H23NO4S2. The van der Waals surface area contributed by atoms with Crippen LogP contribution in [0.15, 0.2) is 34.5 Å². The molecule has 0 bridgehead atoms. The molecule has 0 saturated carbocycles. The van der Waals surface area contributed by atoms with Crippen LogP contribution in [0.3, 0.4) is 0 Å². The molecule has 0 radical (unpaired) electrons. The summed E-state index contributed by atoms with van der Waals surface area (Å²) in [4.78, 5) is 25.4. The second-order valence-electron chi connectivity index (χ2n) is 6.04. The van der Waals surface area contributed by atoms with E-state index < -0.39 is 0 Å². The number of hydrogen-bond donors (Lipinski definition) is 0. The van der Waals surface area contributed by atoms with Crippen LogP contribution in [0, 0.1) is 0 Å². The average molecular weight is 418 g/mol. The van der Waals surface area contributed by atoms with Gasteiger partial charge in [-0.3, -0.25) is 0 Å². The van der Waals surface area contributed by atoms with Gasteiger partial charge in [-0.15, -0.1) is 22.7 Å². The number of carbonyl (C=O) groups is 2. The molecule has 1 aliphatic carbocycles. The largest absolute Gasteiger partial charge is 0.463 e. The Bertz CT molecular complexity index is 1010. The van der Waals surface area contributed by atoms with E-state index in [2.05, 4.69) is 0 Å². The average Bonchev–Trinajstić information content (AvgIpc) is 3.42. The fourth-order valence-electron chi connectivity index (χ4n) is 3.05. The summed E-state index contributed by atoms with van der Waals surface area (Å²) in [6.07, 6.45) is 2.66. The van der Waals surface area contributed by atoms with E-state index in [1.54, 1.807) is 22.7 Å². The second-order valence-corrected chi connectivity index (χ2v) is 7.94. The minimum Gasteiger partial charge on any atom is -0.463 e. The molecule has 0 unspecified atom stereocenters. The molecule has 0 saturated heterocycles. The van der Waals surface area contributed by atoms with Crippen LogP contribution in [0.4, 0.5) is 0 Å². The number of thiophene rings is 2. The molecule has 0 amide bonds. The fourth-order valence-corrected chi connectivity index (χ4v) is 4.89. The Morgan fingerprint density at radius 3 is 2.43 bits per heavy atom. The Morgan fingerprint density at radius 2 is 1.75 bits per heavy atom. The van der Waals surface area contributed by atoms with Crippen molar-refractivity contribution in [3.8, 4) is 0 Å². The summed E-state index contributed by atoms with van der Waals surface area (Å²) in [5.41, 5.74) is 2.61. The monoisotopic (exact) mass is 417 g/mol. The van der Waals surface area contributed by atoms with Gasteiger partial charge in [0.05, 0.1) is 13.2 Å². The summed E-state index contributed by atoms with van der Waals surface area (Å²) >= 11 is 3.34. The summed E-state index contributed by atoms with van der Waals surface area (Å²) in [5.74, 6) is -0.409. The van der Waals surface area contributed by atoms with Crippen molar-refractivity contribution in [1.82, 2.24) is 4.57 Å². The second kappa shape index (κ2) is 9.21. The van der Waals surface area contributed by atoms with Crippen molar-refractivity contribution in [3.05, 3.63) is 50.7 Å². The molecule has 0 N–H and O–H groups in total. The molecule has 148 valence electrons. The zero-order valence-corrected chi connectivity index (χ0v) is 17.8. The van der Waals surface area contributed by atoms with Gasteiger partial charge < -0.3 is 14.0 Å². The van der Waals surface area contributed by atoms with Crippen molar-refractivity contribution < 1.29 is 19.1 Å². The van der Waals surface area contributed by atoms with Crippen LogP contribution in [0.25, 0.3) is 16.3 Å². The maximum absolute atomic E-state index is 11.7. The number of hydrogen-bond acceptors (Lipinski definition) is 6. The summed E-state index contributed by atoms with van der Waals surface area (Å²) in [7, 11) is 0. The lowest BCUT2D eigenvalue weighted by atomic mass is 10.2. The lowest BCUT2D eigenvalue weighted by Gasteiger charge is -2.05. The van der Waals surface area contributed by atoms with Crippen LogP contribution < -0.4 is 0 Å². The number of fused-ring (bicyclic) bond motifs is 2. The SMILES string of the molecule is CCOC(=O)C1=Cc2ccsc2C1.CCOC(=O)c1cc2ccsc2n1CC. The van der Waals surface area contributed by atoms with Crippen molar-refractivity contribution in [3.63, 3.8) is 0 Å². The van der Waals surface area contributed by atoms with Crippen LogP contribution in [-0.2, 0) is 27.2 Å². The van der Waals surface area contributed by atoms with E-state index in [0.29, 0.717) is 18.9 Å². The highest BCUT2D eigenvalue weighted by Crippen LogP contribution is 2.30. The van der Waals surface area contributed by atoms with E-state index in [1.807, 2.05) is 60.4 Å². The lowest BCUT2D eigenvalue weighted by molar-refractivity contribution is -0.138. The van der Waals surface area contributed by atoms with Gasteiger partial charge in [-0.1, -0.05) is 0 Å². The number of aryl methyl sites for hydroxylation is 1. The third kappa shape index (κ3) is 4.20. The molecule has 5 nitrogen and oxygen atoms in total. The van der Waals surface area contributed by atoms with Crippen LogP contribution >= 0.6 is 22.7 Å². The van der Waals surface area contributed by atoms with Crippen molar-refractivity contribution in [2.45, 2.75) is 33.7 Å². The van der Waals surface area contributed by atoms with Crippen LogP contribution in [0.1, 0.15) is 41.7 Å². The first kappa shape index (κ1) is 20.4. The summed E-state index contributed by atoms with van der Waals surface area (Å²) < 4.78 is 11.9. The fraction of sp³-hybridized carbons (Fsp3) is 0.333. The number of carbonyl (C=O) groups excluding carboxylic acids is 2. The summed E-state index contributed by atoms with van der Waals surface area (Å²) in [6.45, 7) is 7.33. The van der Waals surface area contributed by atoms with E-state index in [-0.39, 0.29) is 11.9 Å². The minimum absolute atomic E-state index is 0.175. The predicted molar refractivity (Wildman–Crippen MR) is 114 cm³/mol. The van der Waals surface area contributed by atoms with Crippen LogP contribution in [0.5, 0.6) is 0 Å². The molecule has 4 rings (SSSR count). The van der Waals surface area contributed by atoms with Crippen molar-refractivity contribution in [2.75, 3.05) is 13.2 Å². The van der Waals surface area contributed by atoms with E-state index in [0.717, 1.165) is 28.8 Å². The van der Waals surface area contributed by atoms with Crippen molar-refractivity contribution >= 4 is 50.9 Å². The molecule has 28 heavy (non-hydrogen) atoms. The molecule has 1 aliphatic rings. The van der Waals surface area contributed by atoms with E-state index in [4.69, 9.17) is 9.47 Å². The minimum atomic E-state index is -0.234. The third-order valence-corrected chi connectivity index (χ3v) is 6.19. The Hall–Kier alpha value is -2.38. The molecule has 0 aliphatic heterocycles. The van der Waals surface area contributed by atoms with Gasteiger partial charge in [0.1, 0.15) is 10.5 Å². The highest BCUT2D eigenvalue weighted by atomic mass is 32.1. The number of aromatic nitrogens is 1.